The third-order valence-corrected chi connectivity index (χ3v) is 4.80. The molecule has 5 nitrogen and oxygen atoms in total. The van der Waals surface area contributed by atoms with Crippen LogP contribution in [0.2, 0.25) is 5.02 Å². The van der Waals surface area contributed by atoms with E-state index in [1.807, 2.05) is 0 Å². The molecule has 166 valence electrons. The maximum Gasteiger partial charge on any atom is 0.425 e. The molecular weight excluding hydrogens is 447 g/mol. The van der Waals surface area contributed by atoms with Gasteiger partial charge in [0.2, 0.25) is 5.91 Å². The van der Waals surface area contributed by atoms with Crippen molar-refractivity contribution in [2.75, 3.05) is 10.6 Å². The number of para-hydroxylation sites is 1. The summed E-state index contributed by atoms with van der Waals surface area (Å²) in [5, 5.41) is 4.20. The van der Waals surface area contributed by atoms with E-state index in [1.165, 1.54) is 12.1 Å². The third kappa shape index (κ3) is 5.43. The number of rotatable bonds is 6. The molecule has 0 bridgehead atoms. The lowest BCUT2D eigenvalue weighted by Gasteiger charge is -2.21. The molecule has 0 saturated heterocycles. The molecule has 0 aromatic heterocycles. The summed E-state index contributed by atoms with van der Waals surface area (Å²) in [7, 11) is 0. The Labute approximate surface area is 178 Å². The summed E-state index contributed by atoms with van der Waals surface area (Å²) in [5.41, 5.74) is -1.52. The van der Waals surface area contributed by atoms with E-state index in [1.54, 1.807) is 0 Å². The summed E-state index contributed by atoms with van der Waals surface area (Å²) >= 11 is 5.84. The van der Waals surface area contributed by atoms with Gasteiger partial charge in [0.1, 0.15) is 17.4 Å². The lowest BCUT2D eigenvalue weighted by Crippen LogP contribution is -2.32. The van der Waals surface area contributed by atoms with Crippen LogP contribution in [0, 0.1) is 17.6 Å². The fourth-order valence-electron chi connectivity index (χ4n) is 2.56. The third-order valence-electron chi connectivity index (χ3n) is 4.49. The van der Waals surface area contributed by atoms with Crippen molar-refractivity contribution in [3.8, 4) is 5.75 Å². The van der Waals surface area contributed by atoms with E-state index in [-0.39, 0.29) is 10.9 Å². The molecule has 0 radical (unpaired) electrons. The smallest absolute Gasteiger partial charge is 0.425 e. The van der Waals surface area contributed by atoms with Gasteiger partial charge >= 0.3 is 6.18 Å². The average molecular weight is 463 g/mol. The zero-order chi connectivity index (χ0) is 22.9. The molecule has 2 amide bonds. The second-order valence-corrected chi connectivity index (χ2v) is 7.35. The molecule has 1 atom stereocenters. The van der Waals surface area contributed by atoms with Gasteiger partial charge in [-0.2, -0.15) is 13.2 Å². The van der Waals surface area contributed by atoms with Crippen molar-refractivity contribution in [1.82, 2.24) is 0 Å². The van der Waals surface area contributed by atoms with Gasteiger partial charge in [0.05, 0.1) is 22.0 Å². The van der Waals surface area contributed by atoms with Gasteiger partial charge < -0.3 is 15.4 Å². The molecule has 1 fully saturated rings. The minimum absolute atomic E-state index is 0.173. The number of nitrogens with one attached hydrogen (secondary N) is 2. The monoisotopic (exact) mass is 462 g/mol. The first-order valence-corrected chi connectivity index (χ1v) is 9.48. The number of amides is 2. The summed E-state index contributed by atoms with van der Waals surface area (Å²) < 4.78 is 72.3. The highest BCUT2D eigenvalue weighted by Crippen LogP contribution is 2.35. The molecule has 0 heterocycles. The highest BCUT2D eigenvalue weighted by atomic mass is 35.5. The van der Waals surface area contributed by atoms with Crippen LogP contribution in [0.25, 0.3) is 0 Å². The number of hydrogen-bond donors (Lipinski definition) is 2. The Bertz CT molecular complexity index is 1000. The number of alkyl halides is 3. The molecule has 3 rings (SSSR count). The predicted octanol–water partition coefficient (Wildman–Crippen LogP) is 5.55. The Morgan fingerprint density at radius 1 is 1.13 bits per heavy atom. The standard InChI is InChI=1S/C20H16ClF5N2O3/c1-9(20(24,25)26)31-16-8-15(27-18(29)10-5-6-10)14(23)7-11(16)19(30)28-17-12(21)3-2-4-13(17)22/h2-4,7-10H,5-6H2,1H3,(H,27,29)(H,28,30)/t9-/m0/s1. The molecule has 0 aliphatic heterocycles. The number of carbonyl (C=O) groups excluding carboxylic acids is 2. The van der Waals surface area contributed by atoms with Crippen molar-refractivity contribution in [3.05, 3.63) is 52.6 Å². The van der Waals surface area contributed by atoms with E-state index in [0.717, 1.165) is 12.1 Å². The van der Waals surface area contributed by atoms with Crippen LogP contribution in [0.3, 0.4) is 0 Å². The Kier molecular flexibility index (Phi) is 6.40. The summed E-state index contributed by atoms with van der Waals surface area (Å²) in [4.78, 5) is 24.5. The van der Waals surface area contributed by atoms with Gasteiger partial charge in [-0.1, -0.05) is 17.7 Å². The van der Waals surface area contributed by atoms with E-state index in [9.17, 15) is 31.5 Å². The van der Waals surface area contributed by atoms with E-state index >= 15 is 0 Å². The van der Waals surface area contributed by atoms with Crippen LogP contribution in [0.1, 0.15) is 30.1 Å². The highest BCUT2D eigenvalue weighted by Gasteiger charge is 2.39. The van der Waals surface area contributed by atoms with Crippen LogP contribution in [0.15, 0.2) is 30.3 Å². The van der Waals surface area contributed by atoms with Crippen LogP contribution >= 0.6 is 11.6 Å². The Balaban J connectivity index is 1.97. The number of hydrogen-bond acceptors (Lipinski definition) is 3. The SMILES string of the molecule is C[C@H](Oc1cc(NC(=O)C2CC2)c(F)cc1C(=O)Nc1c(F)cccc1Cl)C(F)(F)F. The largest absolute Gasteiger partial charge is 0.480 e. The van der Waals surface area contributed by atoms with Crippen molar-refractivity contribution in [1.29, 1.82) is 0 Å². The van der Waals surface area contributed by atoms with Crippen LogP contribution < -0.4 is 15.4 Å². The normalized spacial score (nSPS) is 14.7. The number of benzene rings is 2. The molecule has 2 aromatic rings. The predicted molar refractivity (Wildman–Crippen MR) is 103 cm³/mol. The number of halogens is 6. The molecule has 1 saturated carbocycles. The lowest BCUT2D eigenvalue weighted by atomic mass is 10.1. The maximum atomic E-state index is 14.5. The zero-order valence-electron chi connectivity index (χ0n) is 15.9. The first-order chi connectivity index (χ1) is 14.5. The van der Waals surface area contributed by atoms with E-state index in [0.29, 0.717) is 25.8 Å². The molecule has 1 aliphatic rings. The Morgan fingerprint density at radius 2 is 1.81 bits per heavy atom. The fourth-order valence-corrected chi connectivity index (χ4v) is 2.77. The van der Waals surface area contributed by atoms with Gasteiger partial charge in [-0.15, -0.1) is 0 Å². The van der Waals surface area contributed by atoms with Crippen molar-refractivity contribution in [2.24, 2.45) is 5.92 Å². The summed E-state index contributed by atoms with van der Waals surface area (Å²) in [6, 6.07) is 4.95. The van der Waals surface area contributed by atoms with Crippen LogP contribution in [-0.4, -0.2) is 24.1 Å². The second kappa shape index (κ2) is 8.70. The van der Waals surface area contributed by atoms with Gasteiger partial charge in [-0.05, 0) is 38.0 Å². The molecule has 2 aromatic carbocycles. The van der Waals surface area contributed by atoms with Gasteiger partial charge in [-0.3, -0.25) is 9.59 Å². The van der Waals surface area contributed by atoms with Crippen molar-refractivity contribution in [2.45, 2.75) is 32.0 Å². The molecule has 0 unspecified atom stereocenters. The van der Waals surface area contributed by atoms with E-state index in [2.05, 4.69) is 10.6 Å². The van der Waals surface area contributed by atoms with Crippen LogP contribution in [-0.2, 0) is 4.79 Å². The Hall–Kier alpha value is -2.88. The number of anilines is 2. The summed E-state index contributed by atoms with van der Waals surface area (Å²) in [6.07, 6.45) is -5.90. The Morgan fingerprint density at radius 3 is 2.39 bits per heavy atom. The quantitative estimate of drug-likeness (QED) is 0.553. The maximum absolute atomic E-state index is 14.5. The molecule has 1 aliphatic carbocycles. The van der Waals surface area contributed by atoms with Gasteiger partial charge in [-0.25, -0.2) is 8.78 Å². The number of carbonyl (C=O) groups is 2. The highest BCUT2D eigenvalue weighted by molar-refractivity contribution is 6.34. The lowest BCUT2D eigenvalue weighted by molar-refractivity contribution is -0.189. The minimum Gasteiger partial charge on any atom is -0.480 e. The molecule has 31 heavy (non-hydrogen) atoms. The second-order valence-electron chi connectivity index (χ2n) is 6.94. The van der Waals surface area contributed by atoms with Crippen LogP contribution in [0.4, 0.5) is 33.3 Å². The van der Waals surface area contributed by atoms with Crippen LogP contribution in [0.5, 0.6) is 5.75 Å². The first-order valence-electron chi connectivity index (χ1n) is 9.10. The van der Waals surface area contributed by atoms with Gasteiger partial charge in [0.15, 0.2) is 6.10 Å². The van der Waals surface area contributed by atoms with E-state index in [4.69, 9.17) is 16.3 Å². The molecule has 2 N–H and O–H groups in total. The number of ether oxygens (including phenoxy) is 1. The average Bonchev–Trinajstić information content (AvgIpc) is 3.51. The van der Waals surface area contributed by atoms with E-state index < -0.39 is 58.4 Å². The van der Waals surface area contributed by atoms with Crippen molar-refractivity contribution >= 4 is 34.8 Å². The molecular formula is C20H16ClF5N2O3. The summed E-state index contributed by atoms with van der Waals surface area (Å²) in [6.45, 7) is 0.696. The molecule has 0 spiro atoms. The van der Waals surface area contributed by atoms with Crippen molar-refractivity contribution < 1.29 is 36.3 Å². The summed E-state index contributed by atoms with van der Waals surface area (Å²) in [5.74, 6) is -4.59. The van der Waals surface area contributed by atoms with Gasteiger partial charge in [0, 0.05) is 12.0 Å². The van der Waals surface area contributed by atoms with Crippen molar-refractivity contribution in [3.63, 3.8) is 0 Å². The molecule has 11 heteroatoms. The topological polar surface area (TPSA) is 67.4 Å². The zero-order valence-corrected chi connectivity index (χ0v) is 16.7. The van der Waals surface area contributed by atoms with Gasteiger partial charge in [0.25, 0.3) is 5.91 Å². The minimum atomic E-state index is -4.78. The fraction of sp³-hybridized carbons (Fsp3) is 0.300. The first kappa shape index (κ1) is 22.8.